The van der Waals surface area contributed by atoms with Crippen molar-refractivity contribution in [3.63, 3.8) is 0 Å². The average Bonchev–Trinajstić information content (AvgIpc) is 2.75. The van der Waals surface area contributed by atoms with Crippen LogP contribution in [0.15, 0.2) is 92.0 Å². The number of amides is 1. The van der Waals surface area contributed by atoms with Gasteiger partial charge < -0.3 is 0 Å². The Balaban J connectivity index is 1.66. The Bertz CT molecular complexity index is 1270. The van der Waals surface area contributed by atoms with Gasteiger partial charge in [-0.25, -0.2) is 5.43 Å². The predicted octanol–water partition coefficient (Wildman–Crippen LogP) is 5.28. The van der Waals surface area contributed by atoms with E-state index in [1.807, 2.05) is 36.4 Å². The molecule has 5 nitrogen and oxygen atoms in total. The molecule has 30 heavy (non-hydrogen) atoms. The lowest BCUT2D eigenvalue weighted by molar-refractivity contribution is -0.116. The van der Waals surface area contributed by atoms with Crippen molar-refractivity contribution in [3.05, 3.63) is 98.2 Å². The number of carbonyl (C=O) groups excluding carboxylic acids is 1. The third-order valence-electron chi connectivity index (χ3n) is 4.31. The molecule has 4 rings (SSSR count). The van der Waals surface area contributed by atoms with Gasteiger partial charge in [0, 0.05) is 19.8 Å². The SMILES string of the molecule is O=C(Cc1ccc(Cl)cc1)Nn1nc(Sc2ccc(Br)cc2)c2ccccc2c1=O. The van der Waals surface area contributed by atoms with Gasteiger partial charge in [0.2, 0.25) is 5.91 Å². The number of carbonyl (C=O) groups is 1. The molecule has 150 valence electrons. The van der Waals surface area contributed by atoms with Gasteiger partial charge in [0.15, 0.2) is 0 Å². The zero-order valence-corrected chi connectivity index (χ0v) is 18.7. The van der Waals surface area contributed by atoms with E-state index < -0.39 is 0 Å². The summed E-state index contributed by atoms with van der Waals surface area (Å²) in [5.41, 5.74) is 3.01. The molecule has 0 aliphatic heterocycles. The van der Waals surface area contributed by atoms with Crippen molar-refractivity contribution in [2.24, 2.45) is 0 Å². The maximum atomic E-state index is 12.9. The molecule has 8 heteroatoms. The van der Waals surface area contributed by atoms with E-state index in [4.69, 9.17) is 11.6 Å². The Hall–Kier alpha value is -2.61. The Kier molecular flexibility index (Phi) is 6.22. The molecule has 0 aliphatic rings. The molecule has 3 aromatic carbocycles. The van der Waals surface area contributed by atoms with Gasteiger partial charge in [-0.2, -0.15) is 0 Å². The molecular formula is C22H15BrClN3O2S. The summed E-state index contributed by atoms with van der Waals surface area (Å²) in [5, 5.41) is 6.86. The van der Waals surface area contributed by atoms with Crippen molar-refractivity contribution in [1.29, 1.82) is 0 Å². The first-order valence-electron chi connectivity index (χ1n) is 8.99. The smallest absolute Gasteiger partial charge is 0.273 e. The fourth-order valence-electron chi connectivity index (χ4n) is 2.87. The Labute approximate surface area is 190 Å². The van der Waals surface area contributed by atoms with E-state index in [2.05, 4.69) is 26.5 Å². The summed E-state index contributed by atoms with van der Waals surface area (Å²) in [5.74, 6) is -0.346. The van der Waals surface area contributed by atoms with Crippen LogP contribution in [-0.2, 0) is 11.2 Å². The van der Waals surface area contributed by atoms with Crippen LogP contribution in [-0.4, -0.2) is 15.8 Å². The van der Waals surface area contributed by atoms with Gasteiger partial charge in [0.05, 0.1) is 11.8 Å². The molecule has 0 atom stereocenters. The van der Waals surface area contributed by atoms with Crippen LogP contribution < -0.4 is 11.0 Å². The number of benzene rings is 3. The van der Waals surface area contributed by atoms with Gasteiger partial charge >= 0.3 is 0 Å². The maximum Gasteiger partial charge on any atom is 0.294 e. The summed E-state index contributed by atoms with van der Waals surface area (Å²) < 4.78 is 0.976. The molecule has 0 fully saturated rings. The Morgan fingerprint density at radius 1 is 1.00 bits per heavy atom. The van der Waals surface area contributed by atoms with Crippen molar-refractivity contribution in [2.45, 2.75) is 16.3 Å². The number of nitrogens with zero attached hydrogens (tertiary/aromatic N) is 2. The van der Waals surface area contributed by atoms with Crippen molar-refractivity contribution in [1.82, 2.24) is 9.89 Å². The summed E-state index contributed by atoms with van der Waals surface area (Å²) in [6, 6.07) is 22.0. The predicted molar refractivity (Wildman–Crippen MR) is 124 cm³/mol. The molecule has 0 bridgehead atoms. The Morgan fingerprint density at radius 2 is 1.67 bits per heavy atom. The molecule has 0 radical (unpaired) electrons. The van der Waals surface area contributed by atoms with E-state index in [0.29, 0.717) is 15.4 Å². The van der Waals surface area contributed by atoms with E-state index in [9.17, 15) is 9.59 Å². The lowest BCUT2D eigenvalue weighted by atomic mass is 10.1. The second-order valence-electron chi connectivity index (χ2n) is 6.46. The number of hydrogen-bond acceptors (Lipinski definition) is 4. The lowest BCUT2D eigenvalue weighted by Crippen LogP contribution is -2.36. The van der Waals surface area contributed by atoms with Crippen LogP contribution in [0.4, 0.5) is 0 Å². The van der Waals surface area contributed by atoms with Gasteiger partial charge in [0.25, 0.3) is 5.56 Å². The highest BCUT2D eigenvalue weighted by Crippen LogP contribution is 2.31. The highest BCUT2D eigenvalue weighted by Gasteiger charge is 2.14. The normalized spacial score (nSPS) is 10.9. The van der Waals surface area contributed by atoms with E-state index in [-0.39, 0.29) is 17.9 Å². The summed E-state index contributed by atoms with van der Waals surface area (Å²) in [4.78, 5) is 27.4. The molecule has 4 aromatic rings. The molecule has 0 saturated carbocycles. The van der Waals surface area contributed by atoms with Crippen LogP contribution in [0.3, 0.4) is 0 Å². The second-order valence-corrected chi connectivity index (χ2v) is 8.88. The first-order chi connectivity index (χ1) is 14.5. The van der Waals surface area contributed by atoms with Crippen molar-refractivity contribution >= 4 is 56.0 Å². The molecule has 1 amide bonds. The van der Waals surface area contributed by atoms with Gasteiger partial charge in [-0.1, -0.05) is 69.6 Å². The number of fused-ring (bicyclic) bond motifs is 1. The largest absolute Gasteiger partial charge is 0.294 e. The van der Waals surface area contributed by atoms with Crippen LogP contribution >= 0.6 is 39.3 Å². The van der Waals surface area contributed by atoms with Crippen LogP contribution in [0.5, 0.6) is 0 Å². The fraction of sp³-hybridized carbons (Fsp3) is 0.0455. The number of halogens is 2. The molecule has 0 saturated heterocycles. The van der Waals surface area contributed by atoms with Crippen LogP contribution in [0.1, 0.15) is 5.56 Å². The molecule has 1 heterocycles. The fourth-order valence-corrected chi connectivity index (χ4v) is 4.17. The minimum absolute atomic E-state index is 0.104. The quantitative estimate of drug-likeness (QED) is 0.405. The van der Waals surface area contributed by atoms with E-state index in [1.54, 1.807) is 36.4 Å². The van der Waals surface area contributed by atoms with Crippen molar-refractivity contribution in [2.75, 3.05) is 5.43 Å². The molecule has 1 N–H and O–H groups in total. The summed E-state index contributed by atoms with van der Waals surface area (Å²) >= 11 is 10.7. The minimum Gasteiger partial charge on any atom is -0.273 e. The third kappa shape index (κ3) is 4.75. The molecular weight excluding hydrogens is 486 g/mol. The van der Waals surface area contributed by atoms with E-state index >= 15 is 0 Å². The van der Waals surface area contributed by atoms with Gasteiger partial charge in [0.1, 0.15) is 5.03 Å². The Morgan fingerprint density at radius 3 is 2.37 bits per heavy atom. The van der Waals surface area contributed by atoms with E-state index in [1.165, 1.54) is 11.8 Å². The minimum atomic E-state index is -0.379. The molecule has 1 aromatic heterocycles. The number of aromatic nitrogens is 2. The molecule has 0 spiro atoms. The first-order valence-corrected chi connectivity index (χ1v) is 11.0. The van der Waals surface area contributed by atoms with Crippen molar-refractivity contribution < 1.29 is 4.79 Å². The highest BCUT2D eigenvalue weighted by atomic mass is 79.9. The number of nitrogens with one attached hydrogen (secondary N) is 1. The zero-order chi connectivity index (χ0) is 21.1. The van der Waals surface area contributed by atoms with Crippen LogP contribution in [0.2, 0.25) is 5.02 Å². The van der Waals surface area contributed by atoms with E-state index in [0.717, 1.165) is 25.1 Å². The zero-order valence-electron chi connectivity index (χ0n) is 15.5. The third-order valence-corrected chi connectivity index (χ3v) is 6.09. The first kappa shape index (κ1) is 20.7. The number of hydrogen-bond donors (Lipinski definition) is 1. The molecule has 0 unspecified atom stereocenters. The summed E-state index contributed by atoms with van der Waals surface area (Å²) in [6.45, 7) is 0. The lowest BCUT2D eigenvalue weighted by Gasteiger charge is -2.12. The number of rotatable bonds is 5. The summed E-state index contributed by atoms with van der Waals surface area (Å²) in [7, 11) is 0. The monoisotopic (exact) mass is 499 g/mol. The van der Waals surface area contributed by atoms with Gasteiger partial charge in [-0.05, 0) is 48.0 Å². The van der Waals surface area contributed by atoms with Crippen LogP contribution in [0.25, 0.3) is 10.8 Å². The van der Waals surface area contributed by atoms with Gasteiger partial charge in [-0.3, -0.25) is 9.59 Å². The van der Waals surface area contributed by atoms with Crippen molar-refractivity contribution in [3.8, 4) is 0 Å². The topological polar surface area (TPSA) is 64.0 Å². The average molecular weight is 501 g/mol. The summed E-state index contributed by atoms with van der Waals surface area (Å²) in [6.07, 6.45) is 0.104. The highest BCUT2D eigenvalue weighted by molar-refractivity contribution is 9.10. The maximum absolute atomic E-state index is 12.9. The van der Waals surface area contributed by atoms with Gasteiger partial charge in [-0.15, -0.1) is 9.89 Å². The molecule has 0 aliphatic carbocycles. The second kappa shape index (κ2) is 9.04. The van der Waals surface area contributed by atoms with Crippen LogP contribution in [0, 0.1) is 0 Å². The standard InChI is InChI=1S/C22H15BrClN3O2S/c23-15-7-11-17(12-8-15)30-21-18-3-1-2-4-19(18)22(29)27(26-21)25-20(28)13-14-5-9-16(24)10-6-14/h1-12H,13H2,(H,25,28).